The molecule has 1 aromatic carbocycles. The summed E-state index contributed by atoms with van der Waals surface area (Å²) in [6.45, 7) is -0.454. The number of benzene rings is 1. The van der Waals surface area contributed by atoms with Gasteiger partial charge in [0.15, 0.2) is 18.1 Å². The topological polar surface area (TPSA) is 97.7 Å². The Balaban J connectivity index is 1.51. The summed E-state index contributed by atoms with van der Waals surface area (Å²) >= 11 is 1.22. The Labute approximate surface area is 141 Å². The molecule has 1 atom stereocenters. The van der Waals surface area contributed by atoms with E-state index >= 15 is 0 Å². The molecule has 0 saturated carbocycles. The molecule has 1 aliphatic rings. The molecule has 0 radical (unpaired) electrons. The Bertz CT molecular complexity index is 811. The molecular weight excluding hydrogens is 332 g/mol. The Morgan fingerprint density at radius 2 is 2.12 bits per heavy atom. The van der Waals surface area contributed by atoms with Crippen molar-refractivity contribution in [2.45, 2.75) is 6.10 Å². The zero-order chi connectivity index (χ0) is 16.9. The fourth-order valence-corrected chi connectivity index (χ4v) is 2.78. The third-order valence-electron chi connectivity index (χ3n) is 3.16. The van der Waals surface area contributed by atoms with Gasteiger partial charge in [0.05, 0.1) is 5.56 Å². The zero-order valence-corrected chi connectivity index (χ0v) is 13.2. The largest absolute Gasteiger partial charge is 0.485 e. The van der Waals surface area contributed by atoms with Crippen molar-refractivity contribution in [2.24, 2.45) is 0 Å². The summed E-state index contributed by atoms with van der Waals surface area (Å²) in [7, 11) is 0. The number of nitrogens with zero attached hydrogens (tertiary/aromatic N) is 1. The number of rotatable bonds is 4. The quantitative estimate of drug-likeness (QED) is 0.851. The van der Waals surface area contributed by atoms with Crippen molar-refractivity contribution in [2.75, 3.05) is 18.5 Å². The highest BCUT2D eigenvalue weighted by Crippen LogP contribution is 2.31. The average Bonchev–Trinajstić information content (AvgIpc) is 3.06. The van der Waals surface area contributed by atoms with Crippen LogP contribution >= 0.6 is 11.3 Å². The lowest BCUT2D eigenvalue weighted by molar-refractivity contribution is -0.156. The van der Waals surface area contributed by atoms with E-state index in [4.69, 9.17) is 19.5 Å². The number of hydrogen-bond acceptors (Lipinski definition) is 7. The molecule has 2 heterocycles. The monoisotopic (exact) mass is 344 g/mol. The second-order valence-corrected chi connectivity index (χ2v) is 5.71. The number of esters is 1. The minimum Gasteiger partial charge on any atom is -0.485 e. The maximum atomic E-state index is 12.0. The van der Waals surface area contributed by atoms with Gasteiger partial charge in [0.2, 0.25) is 6.10 Å². The molecule has 1 amide bonds. The molecule has 0 spiro atoms. The van der Waals surface area contributed by atoms with Gasteiger partial charge >= 0.3 is 5.97 Å². The number of carbonyl (C=O) groups excluding carboxylic acids is 2. The van der Waals surface area contributed by atoms with Crippen molar-refractivity contribution in [3.05, 3.63) is 41.3 Å². The molecule has 0 unspecified atom stereocenters. The van der Waals surface area contributed by atoms with E-state index in [1.54, 1.807) is 35.7 Å². The second kappa shape index (κ2) is 7.02. The molecule has 3 rings (SSSR count). The summed E-state index contributed by atoms with van der Waals surface area (Å²) < 4.78 is 15.9. The molecule has 8 heteroatoms. The van der Waals surface area contributed by atoms with Crippen LogP contribution in [0.1, 0.15) is 5.56 Å². The summed E-state index contributed by atoms with van der Waals surface area (Å²) in [6, 6.07) is 10.5. The minimum absolute atomic E-state index is 0.0149. The van der Waals surface area contributed by atoms with Crippen LogP contribution in [-0.2, 0) is 14.3 Å². The molecule has 0 fully saturated rings. The number of thiophene rings is 1. The zero-order valence-electron chi connectivity index (χ0n) is 12.4. The smallest absolute Gasteiger partial charge is 0.351 e. The number of fused-ring (bicyclic) bond motifs is 1. The molecular formula is C16H12N2O5S. The molecule has 122 valence electrons. The van der Waals surface area contributed by atoms with Crippen molar-refractivity contribution in [3.63, 3.8) is 0 Å². The van der Waals surface area contributed by atoms with Crippen molar-refractivity contribution < 1.29 is 23.8 Å². The average molecular weight is 344 g/mol. The maximum Gasteiger partial charge on any atom is 0.351 e. The van der Waals surface area contributed by atoms with E-state index < -0.39 is 24.6 Å². The number of para-hydroxylation sites is 2. The minimum atomic E-state index is -0.927. The lowest BCUT2D eigenvalue weighted by Crippen LogP contribution is -2.39. The van der Waals surface area contributed by atoms with Crippen molar-refractivity contribution in [1.29, 1.82) is 5.26 Å². The normalized spacial score (nSPS) is 15.2. The van der Waals surface area contributed by atoms with Crippen LogP contribution in [0.4, 0.5) is 5.00 Å². The van der Waals surface area contributed by atoms with Gasteiger partial charge in [-0.3, -0.25) is 4.79 Å². The lowest BCUT2D eigenvalue weighted by Gasteiger charge is -2.24. The number of nitrogens with one attached hydrogen (secondary N) is 1. The van der Waals surface area contributed by atoms with Gasteiger partial charge in [-0.15, -0.1) is 11.3 Å². The molecule has 1 aromatic heterocycles. The first-order valence-electron chi connectivity index (χ1n) is 7.00. The van der Waals surface area contributed by atoms with E-state index in [0.29, 0.717) is 22.1 Å². The summed E-state index contributed by atoms with van der Waals surface area (Å²) in [5, 5.41) is 13.5. The van der Waals surface area contributed by atoms with Gasteiger partial charge in [-0.25, -0.2) is 4.79 Å². The fourth-order valence-electron chi connectivity index (χ4n) is 2.02. The Morgan fingerprint density at radius 1 is 1.33 bits per heavy atom. The van der Waals surface area contributed by atoms with Gasteiger partial charge < -0.3 is 19.5 Å². The number of anilines is 1. The molecule has 24 heavy (non-hydrogen) atoms. The maximum absolute atomic E-state index is 12.0. The second-order valence-electron chi connectivity index (χ2n) is 4.80. The summed E-state index contributed by atoms with van der Waals surface area (Å²) in [5.41, 5.74) is 0.361. The first-order chi connectivity index (χ1) is 11.7. The molecule has 1 aliphatic heterocycles. The molecule has 2 aromatic rings. The SMILES string of the molecule is N#Cc1ccsc1NC(=O)COC(=O)[C@H]1COc2ccccc2O1. The number of nitriles is 1. The van der Waals surface area contributed by atoms with Gasteiger partial charge in [-0.2, -0.15) is 5.26 Å². The number of ether oxygens (including phenoxy) is 3. The van der Waals surface area contributed by atoms with Crippen LogP contribution in [0.3, 0.4) is 0 Å². The van der Waals surface area contributed by atoms with E-state index in [9.17, 15) is 9.59 Å². The first kappa shape index (κ1) is 15.8. The predicted octanol–water partition coefficient (Wildman–Crippen LogP) is 1.94. The van der Waals surface area contributed by atoms with E-state index in [1.807, 2.05) is 6.07 Å². The Kier molecular flexibility index (Phi) is 4.63. The van der Waals surface area contributed by atoms with Crippen LogP contribution in [0.15, 0.2) is 35.7 Å². The molecule has 0 aliphatic carbocycles. The summed E-state index contributed by atoms with van der Waals surface area (Å²) in [5.74, 6) is -0.209. The molecule has 7 nitrogen and oxygen atoms in total. The van der Waals surface area contributed by atoms with Gasteiger partial charge in [0.1, 0.15) is 17.7 Å². The van der Waals surface area contributed by atoms with Crippen LogP contribution in [0.5, 0.6) is 11.5 Å². The van der Waals surface area contributed by atoms with Crippen LogP contribution in [-0.4, -0.2) is 31.2 Å². The number of amides is 1. The third kappa shape index (κ3) is 3.47. The highest BCUT2D eigenvalue weighted by molar-refractivity contribution is 7.14. The summed E-state index contributed by atoms with van der Waals surface area (Å²) in [6.07, 6.45) is -0.927. The van der Waals surface area contributed by atoms with E-state index in [-0.39, 0.29) is 6.61 Å². The van der Waals surface area contributed by atoms with Crippen LogP contribution in [0.2, 0.25) is 0 Å². The Morgan fingerprint density at radius 3 is 2.92 bits per heavy atom. The highest BCUT2D eigenvalue weighted by Gasteiger charge is 2.29. The van der Waals surface area contributed by atoms with Gasteiger partial charge in [-0.1, -0.05) is 12.1 Å². The highest BCUT2D eigenvalue weighted by atomic mass is 32.1. The van der Waals surface area contributed by atoms with Gasteiger partial charge in [0.25, 0.3) is 5.91 Å². The third-order valence-corrected chi connectivity index (χ3v) is 3.99. The van der Waals surface area contributed by atoms with Crippen LogP contribution in [0.25, 0.3) is 0 Å². The Hall–Kier alpha value is -3.05. The first-order valence-corrected chi connectivity index (χ1v) is 7.88. The van der Waals surface area contributed by atoms with Crippen molar-refractivity contribution in [1.82, 2.24) is 0 Å². The van der Waals surface area contributed by atoms with Crippen molar-refractivity contribution >= 4 is 28.2 Å². The van der Waals surface area contributed by atoms with E-state index in [2.05, 4.69) is 5.32 Å². The molecule has 1 N–H and O–H groups in total. The van der Waals surface area contributed by atoms with Crippen molar-refractivity contribution in [3.8, 4) is 17.6 Å². The van der Waals surface area contributed by atoms with Crippen LogP contribution < -0.4 is 14.8 Å². The standard InChI is InChI=1S/C16H12N2O5S/c17-7-10-5-6-24-15(10)18-14(19)9-22-16(20)13-8-21-11-3-1-2-4-12(11)23-13/h1-6,13H,8-9H2,(H,18,19)/t13-/m1/s1. The lowest BCUT2D eigenvalue weighted by atomic mass is 10.2. The summed E-state index contributed by atoms with van der Waals surface area (Å²) in [4.78, 5) is 23.8. The van der Waals surface area contributed by atoms with E-state index in [1.165, 1.54) is 11.3 Å². The van der Waals surface area contributed by atoms with Crippen LogP contribution in [0, 0.1) is 11.3 Å². The number of carbonyl (C=O) groups is 2. The van der Waals surface area contributed by atoms with E-state index in [0.717, 1.165) is 0 Å². The van der Waals surface area contributed by atoms with Gasteiger partial charge in [0, 0.05) is 0 Å². The fraction of sp³-hybridized carbons (Fsp3) is 0.188. The molecule has 0 saturated heterocycles. The number of hydrogen-bond donors (Lipinski definition) is 1. The predicted molar refractivity (Wildman–Crippen MR) is 85.0 cm³/mol. The molecule has 0 bridgehead atoms. The van der Waals surface area contributed by atoms with Gasteiger partial charge in [-0.05, 0) is 23.6 Å².